The highest BCUT2D eigenvalue weighted by molar-refractivity contribution is 5.33. The number of rotatable bonds is 7. The molecule has 3 heteroatoms. The van der Waals surface area contributed by atoms with Gasteiger partial charge in [-0.25, -0.2) is 0 Å². The molecule has 0 radical (unpaired) electrons. The first-order valence-electron chi connectivity index (χ1n) is 8.29. The average Bonchev–Trinajstić information content (AvgIpc) is 2.81. The molecule has 3 nitrogen and oxygen atoms in total. The molecule has 1 aliphatic carbocycles. The second kappa shape index (κ2) is 8.93. The van der Waals surface area contributed by atoms with Gasteiger partial charge in [0, 0.05) is 6.07 Å². The van der Waals surface area contributed by atoms with Gasteiger partial charge in [0.2, 0.25) is 0 Å². The second-order valence-electron chi connectivity index (χ2n) is 5.98. The fourth-order valence-electron chi connectivity index (χ4n) is 3.21. The molecule has 1 aromatic rings. The summed E-state index contributed by atoms with van der Waals surface area (Å²) in [6.07, 6.45) is 9.45. The van der Waals surface area contributed by atoms with Crippen molar-refractivity contribution in [2.45, 2.75) is 51.0 Å². The Morgan fingerprint density at radius 2 is 1.86 bits per heavy atom. The fraction of sp³-hybridized carbons (Fsp3) is 0.667. The molecule has 0 saturated heterocycles. The quantitative estimate of drug-likeness (QED) is 0.770. The summed E-state index contributed by atoms with van der Waals surface area (Å²) in [5.74, 6) is 2.48. The molecular formula is C18H29NO2. The largest absolute Gasteiger partial charge is 0.497 e. The summed E-state index contributed by atoms with van der Waals surface area (Å²) in [6.45, 7) is 1.01. The maximum atomic E-state index is 6.33. The Hall–Kier alpha value is -1.22. The number of nitrogens with one attached hydrogen (secondary N) is 1. The number of benzene rings is 1. The zero-order chi connectivity index (χ0) is 14.9. The van der Waals surface area contributed by atoms with Gasteiger partial charge in [-0.2, -0.15) is 0 Å². The third-order valence-electron chi connectivity index (χ3n) is 4.43. The van der Waals surface area contributed by atoms with Gasteiger partial charge in [-0.1, -0.05) is 31.7 Å². The molecule has 1 unspecified atom stereocenters. The Morgan fingerprint density at radius 1 is 1.14 bits per heavy atom. The standard InChI is InChI=1S/C18H29NO2/c1-19-13-12-18(15-8-5-3-4-6-9-15)21-17-11-7-10-16(14-17)20-2/h7,10-11,14-15,18-19H,3-6,8-9,12-13H2,1-2H3. The normalized spacial score (nSPS) is 18.0. The summed E-state index contributed by atoms with van der Waals surface area (Å²) in [6, 6.07) is 7.98. The maximum Gasteiger partial charge on any atom is 0.123 e. The summed E-state index contributed by atoms with van der Waals surface area (Å²) in [5.41, 5.74) is 0. The van der Waals surface area contributed by atoms with E-state index in [1.165, 1.54) is 38.5 Å². The molecule has 1 saturated carbocycles. The Labute approximate surface area is 129 Å². The molecule has 2 rings (SSSR count). The van der Waals surface area contributed by atoms with Crippen LogP contribution in [0.1, 0.15) is 44.9 Å². The van der Waals surface area contributed by atoms with E-state index in [-0.39, 0.29) is 0 Å². The molecule has 0 spiro atoms. The zero-order valence-electron chi connectivity index (χ0n) is 13.4. The minimum Gasteiger partial charge on any atom is -0.497 e. The molecule has 0 bridgehead atoms. The molecule has 1 fully saturated rings. The van der Waals surface area contributed by atoms with Crippen molar-refractivity contribution in [2.75, 3.05) is 20.7 Å². The van der Waals surface area contributed by atoms with E-state index in [0.717, 1.165) is 24.5 Å². The Balaban J connectivity index is 2.03. The van der Waals surface area contributed by atoms with Gasteiger partial charge >= 0.3 is 0 Å². The van der Waals surface area contributed by atoms with Gasteiger partial charge in [0.1, 0.15) is 17.6 Å². The van der Waals surface area contributed by atoms with Crippen LogP contribution in [0.2, 0.25) is 0 Å². The second-order valence-corrected chi connectivity index (χ2v) is 5.98. The van der Waals surface area contributed by atoms with Crippen molar-refractivity contribution in [2.24, 2.45) is 5.92 Å². The smallest absolute Gasteiger partial charge is 0.123 e. The molecular weight excluding hydrogens is 262 g/mol. The summed E-state index contributed by atoms with van der Waals surface area (Å²) in [5, 5.41) is 3.26. The van der Waals surface area contributed by atoms with E-state index in [0.29, 0.717) is 12.0 Å². The molecule has 0 aromatic heterocycles. The third-order valence-corrected chi connectivity index (χ3v) is 4.43. The Kier molecular flexibility index (Phi) is 6.87. The molecule has 0 amide bonds. The predicted octanol–water partition coefficient (Wildman–Crippen LogP) is 4.02. The van der Waals surface area contributed by atoms with Gasteiger partial charge < -0.3 is 14.8 Å². The summed E-state index contributed by atoms with van der Waals surface area (Å²) < 4.78 is 11.6. The lowest BCUT2D eigenvalue weighted by molar-refractivity contribution is 0.114. The van der Waals surface area contributed by atoms with Crippen LogP contribution in [0.5, 0.6) is 11.5 Å². The van der Waals surface area contributed by atoms with E-state index in [4.69, 9.17) is 9.47 Å². The first-order valence-corrected chi connectivity index (χ1v) is 8.29. The molecule has 1 aliphatic rings. The van der Waals surface area contributed by atoms with E-state index >= 15 is 0 Å². The fourth-order valence-corrected chi connectivity index (χ4v) is 3.21. The maximum absolute atomic E-state index is 6.33. The molecule has 1 atom stereocenters. The van der Waals surface area contributed by atoms with Crippen LogP contribution in [-0.4, -0.2) is 26.8 Å². The van der Waals surface area contributed by atoms with E-state index in [1.54, 1.807) is 7.11 Å². The van der Waals surface area contributed by atoms with Crippen LogP contribution >= 0.6 is 0 Å². The molecule has 21 heavy (non-hydrogen) atoms. The van der Waals surface area contributed by atoms with E-state index < -0.39 is 0 Å². The lowest BCUT2D eigenvalue weighted by atomic mass is 9.92. The van der Waals surface area contributed by atoms with Crippen molar-refractivity contribution >= 4 is 0 Å². The molecule has 1 N–H and O–H groups in total. The SMILES string of the molecule is CNCCC(Oc1cccc(OC)c1)C1CCCCCC1. The Morgan fingerprint density at radius 3 is 2.52 bits per heavy atom. The first kappa shape index (κ1) is 16.2. The minimum absolute atomic E-state index is 0.308. The van der Waals surface area contributed by atoms with Gasteiger partial charge in [-0.3, -0.25) is 0 Å². The number of methoxy groups -OCH3 is 1. The summed E-state index contributed by atoms with van der Waals surface area (Å²) >= 11 is 0. The molecule has 1 aromatic carbocycles. The third kappa shape index (κ3) is 5.24. The van der Waals surface area contributed by atoms with Gasteiger partial charge in [0.25, 0.3) is 0 Å². The number of hydrogen-bond acceptors (Lipinski definition) is 3. The van der Waals surface area contributed by atoms with Crippen LogP contribution in [0, 0.1) is 5.92 Å². The number of hydrogen-bond donors (Lipinski definition) is 1. The highest BCUT2D eigenvalue weighted by Gasteiger charge is 2.24. The summed E-state index contributed by atoms with van der Waals surface area (Å²) in [7, 11) is 3.71. The number of ether oxygens (including phenoxy) is 2. The van der Waals surface area contributed by atoms with Crippen LogP contribution in [0.3, 0.4) is 0 Å². The minimum atomic E-state index is 0.308. The van der Waals surface area contributed by atoms with Gasteiger partial charge in [-0.05, 0) is 50.9 Å². The van der Waals surface area contributed by atoms with E-state index in [2.05, 4.69) is 5.32 Å². The lowest BCUT2D eigenvalue weighted by Gasteiger charge is -2.27. The first-order chi connectivity index (χ1) is 10.3. The van der Waals surface area contributed by atoms with Crippen LogP contribution in [0.25, 0.3) is 0 Å². The van der Waals surface area contributed by atoms with Crippen LogP contribution < -0.4 is 14.8 Å². The average molecular weight is 291 g/mol. The van der Waals surface area contributed by atoms with Crippen molar-refractivity contribution in [3.8, 4) is 11.5 Å². The molecule has 0 aliphatic heterocycles. The van der Waals surface area contributed by atoms with E-state index in [9.17, 15) is 0 Å². The van der Waals surface area contributed by atoms with Gasteiger partial charge in [0.05, 0.1) is 7.11 Å². The van der Waals surface area contributed by atoms with Crippen LogP contribution in [-0.2, 0) is 0 Å². The van der Waals surface area contributed by atoms with Crippen LogP contribution in [0.15, 0.2) is 24.3 Å². The summed E-state index contributed by atoms with van der Waals surface area (Å²) in [4.78, 5) is 0. The van der Waals surface area contributed by atoms with Crippen molar-refractivity contribution < 1.29 is 9.47 Å². The van der Waals surface area contributed by atoms with Crippen molar-refractivity contribution in [1.82, 2.24) is 5.32 Å². The van der Waals surface area contributed by atoms with E-state index in [1.807, 2.05) is 31.3 Å². The Bertz CT molecular complexity index is 400. The van der Waals surface area contributed by atoms with Crippen molar-refractivity contribution in [3.05, 3.63) is 24.3 Å². The van der Waals surface area contributed by atoms with Crippen LogP contribution in [0.4, 0.5) is 0 Å². The molecule has 0 heterocycles. The molecule has 118 valence electrons. The highest BCUT2D eigenvalue weighted by atomic mass is 16.5. The van der Waals surface area contributed by atoms with Gasteiger partial charge in [-0.15, -0.1) is 0 Å². The topological polar surface area (TPSA) is 30.5 Å². The lowest BCUT2D eigenvalue weighted by Crippen LogP contribution is -2.30. The highest BCUT2D eigenvalue weighted by Crippen LogP contribution is 2.30. The van der Waals surface area contributed by atoms with Crippen molar-refractivity contribution in [1.29, 1.82) is 0 Å². The zero-order valence-corrected chi connectivity index (χ0v) is 13.4. The van der Waals surface area contributed by atoms with Gasteiger partial charge in [0.15, 0.2) is 0 Å². The predicted molar refractivity (Wildman–Crippen MR) is 87.1 cm³/mol. The van der Waals surface area contributed by atoms with Crippen molar-refractivity contribution in [3.63, 3.8) is 0 Å². The monoisotopic (exact) mass is 291 g/mol.